The zero-order valence-corrected chi connectivity index (χ0v) is 9.25. The van der Waals surface area contributed by atoms with E-state index in [4.69, 9.17) is 4.74 Å². The summed E-state index contributed by atoms with van der Waals surface area (Å²) in [5.41, 5.74) is 0. The summed E-state index contributed by atoms with van der Waals surface area (Å²) in [6.07, 6.45) is 7.15. The highest BCUT2D eigenvalue weighted by Crippen LogP contribution is 2.33. The van der Waals surface area contributed by atoms with Gasteiger partial charge in [0.05, 0.1) is 7.11 Å². The third kappa shape index (κ3) is 1.73. The molecule has 0 atom stereocenters. The fraction of sp³-hybridized carbons (Fsp3) is 0.667. The number of nitrogens with zero attached hydrogens (tertiary/aromatic N) is 2. The molecule has 0 amide bonds. The third-order valence-electron chi connectivity index (χ3n) is 2.57. The lowest BCUT2D eigenvalue weighted by atomic mass is 10.2. The van der Waals surface area contributed by atoms with Crippen molar-refractivity contribution in [2.24, 2.45) is 0 Å². The van der Waals surface area contributed by atoms with E-state index in [1.807, 2.05) is 6.20 Å². The molecule has 4 heteroatoms. The van der Waals surface area contributed by atoms with Crippen molar-refractivity contribution in [1.29, 1.82) is 0 Å². The first-order valence-corrected chi connectivity index (χ1v) is 5.39. The van der Waals surface area contributed by atoms with E-state index < -0.39 is 0 Å². The molecule has 1 aromatic rings. The summed E-state index contributed by atoms with van der Waals surface area (Å²) in [4.78, 5) is 4.23. The van der Waals surface area contributed by atoms with E-state index in [0.29, 0.717) is 6.04 Å². The number of hydrogen-bond acceptors (Lipinski definition) is 2. The molecular formula is C9H13BrN2O. The van der Waals surface area contributed by atoms with Gasteiger partial charge in [0.1, 0.15) is 4.60 Å². The average molecular weight is 245 g/mol. The lowest BCUT2D eigenvalue weighted by molar-refractivity contribution is 0.336. The van der Waals surface area contributed by atoms with Gasteiger partial charge in [-0.1, -0.05) is 12.8 Å². The molecule has 0 aromatic carbocycles. The van der Waals surface area contributed by atoms with Gasteiger partial charge in [0.15, 0.2) is 0 Å². The number of ether oxygens (including phenoxy) is 1. The normalized spacial score (nSPS) is 18.0. The van der Waals surface area contributed by atoms with Gasteiger partial charge in [-0.25, -0.2) is 0 Å². The molecule has 13 heavy (non-hydrogen) atoms. The Morgan fingerprint density at radius 1 is 1.54 bits per heavy atom. The van der Waals surface area contributed by atoms with Crippen LogP contribution in [0.2, 0.25) is 0 Å². The number of aromatic nitrogens is 2. The Bertz CT molecular complexity index is 292. The summed E-state index contributed by atoms with van der Waals surface area (Å²) in [5, 5.41) is 0. The van der Waals surface area contributed by atoms with Crippen LogP contribution in [-0.4, -0.2) is 16.7 Å². The van der Waals surface area contributed by atoms with Gasteiger partial charge < -0.3 is 4.74 Å². The highest BCUT2D eigenvalue weighted by atomic mass is 79.9. The molecule has 0 saturated heterocycles. The van der Waals surface area contributed by atoms with Crippen molar-refractivity contribution < 1.29 is 4.74 Å². The molecule has 0 bridgehead atoms. The third-order valence-corrected chi connectivity index (χ3v) is 2.95. The Labute approximate surface area is 86.2 Å². The molecule has 0 N–H and O–H groups in total. The van der Waals surface area contributed by atoms with Gasteiger partial charge in [0.25, 0.3) is 6.01 Å². The maximum absolute atomic E-state index is 5.20. The van der Waals surface area contributed by atoms with Crippen molar-refractivity contribution in [3.8, 4) is 6.01 Å². The molecule has 1 aliphatic rings. The molecule has 3 nitrogen and oxygen atoms in total. The molecule has 1 aliphatic carbocycles. The van der Waals surface area contributed by atoms with Crippen LogP contribution in [0.5, 0.6) is 6.01 Å². The summed E-state index contributed by atoms with van der Waals surface area (Å²) < 4.78 is 8.19. The van der Waals surface area contributed by atoms with Crippen LogP contribution >= 0.6 is 15.9 Å². The van der Waals surface area contributed by atoms with Crippen LogP contribution < -0.4 is 4.74 Å². The lowest BCUT2D eigenvalue weighted by Gasteiger charge is -2.12. The monoisotopic (exact) mass is 244 g/mol. The van der Waals surface area contributed by atoms with Crippen molar-refractivity contribution >= 4 is 15.9 Å². The number of halogens is 1. The molecule has 0 aliphatic heterocycles. The van der Waals surface area contributed by atoms with E-state index in [2.05, 4.69) is 25.5 Å². The molecule has 0 unspecified atom stereocenters. The van der Waals surface area contributed by atoms with E-state index in [9.17, 15) is 0 Å². The number of imidazole rings is 1. The predicted molar refractivity (Wildman–Crippen MR) is 54.0 cm³/mol. The first-order valence-electron chi connectivity index (χ1n) is 4.59. The van der Waals surface area contributed by atoms with Crippen molar-refractivity contribution in [2.45, 2.75) is 31.7 Å². The number of rotatable bonds is 2. The SMILES string of the molecule is COc1nc(Br)cn1C1CCCC1. The molecule has 1 aromatic heterocycles. The van der Waals surface area contributed by atoms with Gasteiger partial charge in [-0.3, -0.25) is 4.57 Å². The van der Waals surface area contributed by atoms with Crippen LogP contribution in [0.25, 0.3) is 0 Å². The largest absolute Gasteiger partial charge is 0.468 e. The molecule has 1 heterocycles. The topological polar surface area (TPSA) is 27.1 Å². The first kappa shape index (κ1) is 9.06. The second kappa shape index (κ2) is 3.70. The maximum atomic E-state index is 5.20. The minimum atomic E-state index is 0.591. The average Bonchev–Trinajstić information content (AvgIpc) is 2.71. The van der Waals surface area contributed by atoms with Crippen LogP contribution in [0.15, 0.2) is 10.8 Å². The van der Waals surface area contributed by atoms with Crippen LogP contribution in [0.4, 0.5) is 0 Å². The summed E-state index contributed by atoms with van der Waals surface area (Å²) in [7, 11) is 1.67. The van der Waals surface area contributed by atoms with E-state index in [1.54, 1.807) is 7.11 Å². The minimum Gasteiger partial charge on any atom is -0.468 e. The Morgan fingerprint density at radius 3 is 2.85 bits per heavy atom. The standard InChI is InChI=1S/C9H13BrN2O/c1-13-9-11-8(10)6-12(9)7-4-2-3-5-7/h6-7H,2-5H2,1H3. The van der Waals surface area contributed by atoms with Crippen molar-refractivity contribution in [2.75, 3.05) is 7.11 Å². The highest BCUT2D eigenvalue weighted by molar-refractivity contribution is 9.10. The highest BCUT2D eigenvalue weighted by Gasteiger charge is 2.20. The maximum Gasteiger partial charge on any atom is 0.297 e. The summed E-state index contributed by atoms with van der Waals surface area (Å²) in [6.45, 7) is 0. The Balaban J connectivity index is 2.26. The number of hydrogen-bond donors (Lipinski definition) is 0. The molecule has 1 saturated carbocycles. The van der Waals surface area contributed by atoms with Crippen molar-refractivity contribution in [1.82, 2.24) is 9.55 Å². The summed E-state index contributed by atoms with van der Waals surface area (Å²) in [5.74, 6) is 0. The van der Waals surface area contributed by atoms with Gasteiger partial charge in [-0.2, -0.15) is 4.98 Å². The van der Waals surface area contributed by atoms with Gasteiger partial charge >= 0.3 is 0 Å². The minimum absolute atomic E-state index is 0.591. The van der Waals surface area contributed by atoms with Crippen LogP contribution in [-0.2, 0) is 0 Å². The zero-order valence-electron chi connectivity index (χ0n) is 7.66. The second-order valence-corrected chi connectivity index (χ2v) is 4.21. The molecule has 2 rings (SSSR count). The fourth-order valence-electron chi connectivity index (χ4n) is 1.94. The van der Waals surface area contributed by atoms with Gasteiger partial charge in [-0.15, -0.1) is 0 Å². The van der Waals surface area contributed by atoms with E-state index in [1.165, 1.54) is 25.7 Å². The first-order chi connectivity index (χ1) is 6.31. The van der Waals surface area contributed by atoms with Gasteiger partial charge in [0.2, 0.25) is 0 Å². The molecule has 0 spiro atoms. The Hall–Kier alpha value is -0.510. The van der Waals surface area contributed by atoms with E-state index >= 15 is 0 Å². The Morgan fingerprint density at radius 2 is 2.23 bits per heavy atom. The second-order valence-electron chi connectivity index (χ2n) is 3.40. The smallest absolute Gasteiger partial charge is 0.297 e. The van der Waals surface area contributed by atoms with E-state index in [-0.39, 0.29) is 0 Å². The Kier molecular flexibility index (Phi) is 2.58. The van der Waals surface area contributed by atoms with Crippen LogP contribution in [0.3, 0.4) is 0 Å². The lowest BCUT2D eigenvalue weighted by Crippen LogP contribution is -2.05. The fourth-order valence-corrected chi connectivity index (χ4v) is 2.32. The molecule has 0 radical (unpaired) electrons. The molecular weight excluding hydrogens is 232 g/mol. The molecule has 72 valence electrons. The summed E-state index contributed by atoms with van der Waals surface area (Å²) >= 11 is 3.36. The quantitative estimate of drug-likeness (QED) is 0.801. The summed E-state index contributed by atoms with van der Waals surface area (Å²) in [6, 6.07) is 1.31. The van der Waals surface area contributed by atoms with Gasteiger partial charge in [0, 0.05) is 12.2 Å². The number of methoxy groups -OCH3 is 1. The van der Waals surface area contributed by atoms with Crippen LogP contribution in [0.1, 0.15) is 31.7 Å². The van der Waals surface area contributed by atoms with E-state index in [0.717, 1.165) is 10.6 Å². The van der Waals surface area contributed by atoms with Crippen molar-refractivity contribution in [3.05, 3.63) is 10.8 Å². The molecule has 1 fully saturated rings. The van der Waals surface area contributed by atoms with Gasteiger partial charge in [-0.05, 0) is 28.8 Å². The zero-order chi connectivity index (χ0) is 9.26. The van der Waals surface area contributed by atoms with Crippen molar-refractivity contribution in [3.63, 3.8) is 0 Å². The predicted octanol–water partition coefficient (Wildman–Crippen LogP) is 2.77. The van der Waals surface area contributed by atoms with Crippen LogP contribution in [0, 0.1) is 0 Å².